The molecule has 1 nitrogen and oxygen atoms in total. The van der Waals surface area contributed by atoms with Crippen molar-refractivity contribution in [3.05, 3.63) is 42.0 Å². The van der Waals surface area contributed by atoms with Crippen molar-refractivity contribution in [1.82, 2.24) is 0 Å². The SMILES string of the molecule is Sc1ccc2cc(C3CO3)ccc2c1. The van der Waals surface area contributed by atoms with Gasteiger partial charge < -0.3 is 4.74 Å². The van der Waals surface area contributed by atoms with Gasteiger partial charge in [-0.15, -0.1) is 12.6 Å². The Balaban J connectivity index is 2.18. The highest BCUT2D eigenvalue weighted by atomic mass is 32.1. The molecular formula is C12H10OS. The summed E-state index contributed by atoms with van der Waals surface area (Å²) in [5.41, 5.74) is 1.28. The molecule has 1 saturated heterocycles. The van der Waals surface area contributed by atoms with Gasteiger partial charge in [-0.3, -0.25) is 0 Å². The number of benzene rings is 2. The second-order valence-electron chi connectivity index (χ2n) is 3.61. The van der Waals surface area contributed by atoms with E-state index in [1.54, 1.807) is 0 Å². The van der Waals surface area contributed by atoms with Crippen molar-refractivity contribution in [2.45, 2.75) is 11.0 Å². The van der Waals surface area contributed by atoms with E-state index >= 15 is 0 Å². The summed E-state index contributed by atoms with van der Waals surface area (Å²) in [5, 5.41) is 2.50. The number of ether oxygens (including phenoxy) is 1. The Morgan fingerprint density at radius 1 is 1.07 bits per heavy atom. The van der Waals surface area contributed by atoms with Crippen molar-refractivity contribution in [3.8, 4) is 0 Å². The second-order valence-corrected chi connectivity index (χ2v) is 4.13. The first-order valence-corrected chi connectivity index (χ1v) is 5.12. The van der Waals surface area contributed by atoms with Gasteiger partial charge in [-0.1, -0.05) is 18.2 Å². The van der Waals surface area contributed by atoms with E-state index in [-0.39, 0.29) is 0 Å². The van der Waals surface area contributed by atoms with Crippen LogP contribution in [0.15, 0.2) is 41.3 Å². The van der Waals surface area contributed by atoms with Crippen LogP contribution in [-0.4, -0.2) is 6.61 Å². The van der Waals surface area contributed by atoms with Gasteiger partial charge in [0.1, 0.15) is 6.10 Å². The van der Waals surface area contributed by atoms with E-state index in [2.05, 4.69) is 43.0 Å². The zero-order valence-electron chi connectivity index (χ0n) is 7.60. The van der Waals surface area contributed by atoms with E-state index < -0.39 is 0 Å². The number of hydrogen-bond donors (Lipinski definition) is 1. The Kier molecular flexibility index (Phi) is 1.79. The maximum absolute atomic E-state index is 5.25. The van der Waals surface area contributed by atoms with E-state index in [0.717, 1.165) is 11.5 Å². The van der Waals surface area contributed by atoms with Crippen LogP contribution in [-0.2, 0) is 4.74 Å². The third-order valence-electron chi connectivity index (χ3n) is 2.55. The Hall–Kier alpha value is -0.990. The molecule has 70 valence electrons. The van der Waals surface area contributed by atoms with Crippen LogP contribution in [0.2, 0.25) is 0 Å². The highest BCUT2D eigenvalue weighted by molar-refractivity contribution is 7.80. The topological polar surface area (TPSA) is 12.5 Å². The lowest BCUT2D eigenvalue weighted by atomic mass is 10.1. The molecule has 0 saturated carbocycles. The maximum atomic E-state index is 5.25. The van der Waals surface area contributed by atoms with Gasteiger partial charge in [-0.2, -0.15) is 0 Å². The molecule has 1 heterocycles. The molecule has 0 aliphatic carbocycles. The first-order chi connectivity index (χ1) is 6.83. The van der Waals surface area contributed by atoms with E-state index in [1.807, 2.05) is 6.07 Å². The van der Waals surface area contributed by atoms with Gasteiger partial charge in [0.2, 0.25) is 0 Å². The van der Waals surface area contributed by atoms with E-state index in [4.69, 9.17) is 4.74 Å². The normalized spacial score (nSPS) is 19.9. The summed E-state index contributed by atoms with van der Waals surface area (Å²) in [6.45, 7) is 0.871. The molecule has 0 radical (unpaired) electrons. The van der Waals surface area contributed by atoms with Crippen LogP contribution in [0, 0.1) is 0 Å². The summed E-state index contributed by atoms with van der Waals surface area (Å²) in [4.78, 5) is 1.01. The van der Waals surface area contributed by atoms with Crippen molar-refractivity contribution >= 4 is 23.4 Å². The van der Waals surface area contributed by atoms with Gasteiger partial charge in [-0.05, 0) is 34.5 Å². The zero-order valence-corrected chi connectivity index (χ0v) is 8.50. The molecule has 2 heteroatoms. The molecule has 1 unspecified atom stereocenters. The van der Waals surface area contributed by atoms with Gasteiger partial charge in [0.05, 0.1) is 6.61 Å². The zero-order chi connectivity index (χ0) is 9.54. The van der Waals surface area contributed by atoms with Crippen molar-refractivity contribution in [3.63, 3.8) is 0 Å². The maximum Gasteiger partial charge on any atom is 0.106 e. The number of hydrogen-bond acceptors (Lipinski definition) is 2. The molecule has 0 aromatic heterocycles. The van der Waals surface area contributed by atoms with Crippen LogP contribution < -0.4 is 0 Å². The Morgan fingerprint density at radius 2 is 1.79 bits per heavy atom. The Labute approximate surface area is 88.1 Å². The van der Waals surface area contributed by atoms with Gasteiger partial charge in [0.25, 0.3) is 0 Å². The molecule has 1 atom stereocenters. The van der Waals surface area contributed by atoms with Gasteiger partial charge in [0, 0.05) is 4.90 Å². The highest BCUT2D eigenvalue weighted by Crippen LogP contribution is 2.32. The quantitative estimate of drug-likeness (QED) is 0.553. The van der Waals surface area contributed by atoms with Gasteiger partial charge in [0.15, 0.2) is 0 Å². The van der Waals surface area contributed by atoms with Crippen molar-refractivity contribution in [2.75, 3.05) is 6.61 Å². The van der Waals surface area contributed by atoms with Crippen molar-refractivity contribution in [2.24, 2.45) is 0 Å². The van der Waals surface area contributed by atoms with Gasteiger partial charge in [-0.25, -0.2) is 0 Å². The molecular weight excluding hydrogens is 192 g/mol. The monoisotopic (exact) mass is 202 g/mol. The van der Waals surface area contributed by atoms with Crippen molar-refractivity contribution in [1.29, 1.82) is 0 Å². The predicted octanol–water partition coefficient (Wildman–Crippen LogP) is 3.20. The molecule has 0 amide bonds. The van der Waals surface area contributed by atoms with Crippen LogP contribution in [0.5, 0.6) is 0 Å². The summed E-state index contributed by atoms with van der Waals surface area (Å²) in [6, 6.07) is 12.7. The second kappa shape index (κ2) is 3.01. The molecule has 1 aliphatic heterocycles. The predicted molar refractivity (Wildman–Crippen MR) is 59.9 cm³/mol. The fourth-order valence-corrected chi connectivity index (χ4v) is 1.91. The average molecular weight is 202 g/mol. The Morgan fingerprint density at radius 3 is 2.57 bits per heavy atom. The molecule has 0 bridgehead atoms. The third-order valence-corrected chi connectivity index (χ3v) is 2.83. The molecule has 1 fully saturated rings. The number of thiol groups is 1. The molecule has 2 aromatic rings. The molecule has 0 N–H and O–H groups in total. The lowest BCUT2D eigenvalue weighted by Crippen LogP contribution is -1.81. The van der Waals surface area contributed by atoms with Crippen LogP contribution in [0.25, 0.3) is 10.8 Å². The molecule has 1 aliphatic rings. The largest absolute Gasteiger partial charge is 0.368 e. The Bertz CT molecular complexity index is 489. The van der Waals surface area contributed by atoms with Crippen LogP contribution in [0.3, 0.4) is 0 Å². The summed E-state index contributed by atoms with van der Waals surface area (Å²) < 4.78 is 5.25. The number of epoxide rings is 1. The fraction of sp³-hybridized carbons (Fsp3) is 0.167. The standard InChI is InChI=1S/C12H10OS/c14-11-4-3-8-5-10(12-7-13-12)2-1-9(8)6-11/h1-6,12,14H,7H2. The first-order valence-electron chi connectivity index (χ1n) is 4.67. The number of rotatable bonds is 1. The summed E-state index contributed by atoms with van der Waals surface area (Å²) in [6.07, 6.45) is 0.343. The average Bonchev–Trinajstić information content (AvgIpc) is 3.00. The smallest absolute Gasteiger partial charge is 0.106 e. The minimum Gasteiger partial charge on any atom is -0.368 e. The fourth-order valence-electron chi connectivity index (χ4n) is 1.69. The lowest BCUT2D eigenvalue weighted by molar-refractivity contribution is 0.416. The summed E-state index contributed by atoms with van der Waals surface area (Å²) in [5.74, 6) is 0. The molecule has 2 aromatic carbocycles. The van der Waals surface area contributed by atoms with Crippen LogP contribution in [0.4, 0.5) is 0 Å². The third kappa shape index (κ3) is 1.41. The van der Waals surface area contributed by atoms with Crippen molar-refractivity contribution < 1.29 is 4.74 Å². The number of fused-ring (bicyclic) bond motifs is 1. The van der Waals surface area contributed by atoms with E-state index in [1.165, 1.54) is 16.3 Å². The molecule has 14 heavy (non-hydrogen) atoms. The minimum absolute atomic E-state index is 0.343. The minimum atomic E-state index is 0.343. The van der Waals surface area contributed by atoms with E-state index in [9.17, 15) is 0 Å². The van der Waals surface area contributed by atoms with Crippen LogP contribution in [0.1, 0.15) is 11.7 Å². The summed E-state index contributed by atoms with van der Waals surface area (Å²) in [7, 11) is 0. The van der Waals surface area contributed by atoms with E-state index in [0.29, 0.717) is 6.10 Å². The molecule has 3 rings (SSSR count). The van der Waals surface area contributed by atoms with Crippen LogP contribution >= 0.6 is 12.6 Å². The molecule has 0 spiro atoms. The highest BCUT2D eigenvalue weighted by Gasteiger charge is 2.24. The van der Waals surface area contributed by atoms with Gasteiger partial charge >= 0.3 is 0 Å². The lowest BCUT2D eigenvalue weighted by Gasteiger charge is -2.01. The summed E-state index contributed by atoms with van der Waals surface area (Å²) >= 11 is 4.31. The first kappa shape index (κ1) is 8.33.